The molecule has 1 N–H and O–H groups in total. The zero-order valence-corrected chi connectivity index (χ0v) is 12.1. The van der Waals surface area contributed by atoms with Crippen LogP contribution in [0, 0.1) is 11.6 Å². The fourth-order valence-corrected chi connectivity index (χ4v) is 2.36. The number of rotatable bonds is 5. The Morgan fingerprint density at radius 1 is 1.30 bits per heavy atom. The van der Waals surface area contributed by atoms with Crippen LogP contribution in [0.1, 0.15) is 0 Å². The summed E-state index contributed by atoms with van der Waals surface area (Å²) in [7, 11) is 0. The van der Waals surface area contributed by atoms with Crippen LogP contribution in [0.2, 0.25) is 0 Å². The van der Waals surface area contributed by atoms with Gasteiger partial charge in [-0.1, -0.05) is 11.2 Å². The van der Waals surface area contributed by atoms with E-state index in [1.807, 2.05) is 4.90 Å². The molecule has 7 heteroatoms. The van der Waals surface area contributed by atoms with Crippen molar-refractivity contribution < 1.29 is 18.1 Å². The molecule has 1 aromatic carbocycles. The highest BCUT2D eigenvalue weighted by atomic mass is 32.2. The molecule has 112 valence electrons. The maximum absolute atomic E-state index is 13.9. The molecular weight excluding hydrogens is 286 g/mol. The van der Waals surface area contributed by atoms with Gasteiger partial charge in [0.15, 0.2) is 11.6 Å². The topological polar surface area (TPSA) is 47.6 Å². The molecule has 1 saturated heterocycles. The van der Waals surface area contributed by atoms with Crippen molar-refractivity contribution in [1.82, 2.24) is 5.32 Å². The average Bonchev–Trinajstić information content (AvgIpc) is 2.42. The Labute approximate surface area is 120 Å². The largest absolute Gasteiger partial charge is 0.616 e. The van der Waals surface area contributed by atoms with Crippen LogP contribution in [0.15, 0.2) is 12.1 Å². The third-order valence-electron chi connectivity index (χ3n) is 3.09. The molecule has 1 aliphatic heterocycles. The average molecular weight is 304 g/mol. The summed E-state index contributed by atoms with van der Waals surface area (Å²) in [5.74, 6) is -0.996. The molecule has 1 heterocycles. The maximum Gasteiger partial charge on any atom is 0.168 e. The van der Waals surface area contributed by atoms with E-state index in [-0.39, 0.29) is 12.4 Å². The molecule has 0 bridgehead atoms. The molecule has 1 aromatic rings. The minimum Gasteiger partial charge on any atom is -0.616 e. The standard InChI is InChI=1S/C13H18F2N2O2S/c1-20(18)7-6-19-13-9-12(10(14)8-11(13)15)17-4-2-16-3-5-17/h8-9,16H,2-7H2,1H3. The lowest BCUT2D eigenvalue weighted by atomic mass is 10.2. The van der Waals surface area contributed by atoms with Crippen molar-refractivity contribution in [2.75, 3.05) is 49.7 Å². The SMILES string of the molecule is C[S+]([O-])CCOc1cc(N2CCNCC2)c(F)cc1F. The van der Waals surface area contributed by atoms with E-state index in [1.165, 1.54) is 6.07 Å². The molecule has 0 amide bonds. The van der Waals surface area contributed by atoms with Gasteiger partial charge in [0.2, 0.25) is 0 Å². The monoisotopic (exact) mass is 304 g/mol. The number of hydrogen-bond acceptors (Lipinski definition) is 4. The highest BCUT2D eigenvalue weighted by molar-refractivity contribution is 7.90. The number of halogens is 2. The minimum absolute atomic E-state index is 0.00498. The van der Waals surface area contributed by atoms with Crippen molar-refractivity contribution in [3.63, 3.8) is 0 Å². The van der Waals surface area contributed by atoms with Crippen molar-refractivity contribution in [3.05, 3.63) is 23.8 Å². The van der Waals surface area contributed by atoms with E-state index < -0.39 is 22.8 Å². The lowest BCUT2D eigenvalue weighted by Gasteiger charge is -2.30. The van der Waals surface area contributed by atoms with E-state index >= 15 is 0 Å². The summed E-state index contributed by atoms with van der Waals surface area (Å²) in [6.07, 6.45) is 1.55. The van der Waals surface area contributed by atoms with Crippen molar-refractivity contribution in [2.45, 2.75) is 0 Å². The normalized spacial score (nSPS) is 17.1. The van der Waals surface area contributed by atoms with Gasteiger partial charge < -0.3 is 19.5 Å². The number of nitrogens with zero attached hydrogens (tertiary/aromatic N) is 1. The summed E-state index contributed by atoms with van der Waals surface area (Å²) < 4.78 is 43.7. The number of nitrogens with one attached hydrogen (secondary N) is 1. The first kappa shape index (κ1) is 15.3. The fourth-order valence-electron chi connectivity index (χ4n) is 2.05. The van der Waals surface area contributed by atoms with Crippen molar-refractivity contribution in [3.8, 4) is 5.75 Å². The van der Waals surface area contributed by atoms with Crippen LogP contribution in [-0.2, 0) is 11.2 Å². The second-order valence-corrected chi connectivity index (χ2v) is 6.15. The Morgan fingerprint density at radius 3 is 2.65 bits per heavy atom. The summed E-state index contributed by atoms with van der Waals surface area (Å²) >= 11 is -1.00. The van der Waals surface area contributed by atoms with Gasteiger partial charge in [-0.15, -0.1) is 0 Å². The zero-order valence-electron chi connectivity index (χ0n) is 11.3. The quantitative estimate of drug-likeness (QED) is 0.829. The lowest BCUT2D eigenvalue weighted by molar-refractivity contribution is 0.321. The van der Waals surface area contributed by atoms with E-state index in [0.717, 1.165) is 19.2 Å². The fraction of sp³-hybridized carbons (Fsp3) is 0.538. The predicted octanol–water partition coefficient (Wildman–Crippen LogP) is 1.13. The molecule has 0 spiro atoms. The zero-order chi connectivity index (χ0) is 14.5. The number of piperazine rings is 1. The molecule has 0 aromatic heterocycles. The second kappa shape index (κ2) is 7.10. The van der Waals surface area contributed by atoms with E-state index in [4.69, 9.17) is 4.74 Å². The third-order valence-corrected chi connectivity index (χ3v) is 3.83. The maximum atomic E-state index is 13.9. The summed E-state index contributed by atoms with van der Waals surface area (Å²) in [6.45, 7) is 3.01. The smallest absolute Gasteiger partial charge is 0.168 e. The number of hydrogen-bond donors (Lipinski definition) is 1. The van der Waals surface area contributed by atoms with Crippen LogP contribution in [0.25, 0.3) is 0 Å². The number of ether oxygens (including phenoxy) is 1. The van der Waals surface area contributed by atoms with Crippen LogP contribution in [-0.4, -0.2) is 49.3 Å². The molecule has 0 aliphatic carbocycles. The summed E-state index contributed by atoms with van der Waals surface area (Å²) in [5, 5.41) is 3.17. The van der Waals surface area contributed by atoms with Crippen molar-refractivity contribution in [2.24, 2.45) is 0 Å². The molecule has 2 rings (SSSR count). The van der Waals surface area contributed by atoms with Crippen molar-refractivity contribution >= 4 is 16.9 Å². The van der Waals surface area contributed by atoms with E-state index in [1.54, 1.807) is 6.26 Å². The summed E-state index contributed by atoms with van der Waals surface area (Å²) in [6, 6.07) is 2.23. The van der Waals surface area contributed by atoms with E-state index in [2.05, 4.69) is 5.32 Å². The van der Waals surface area contributed by atoms with Gasteiger partial charge in [0.25, 0.3) is 0 Å². The first-order valence-corrected chi connectivity index (χ1v) is 8.18. The molecule has 4 nitrogen and oxygen atoms in total. The van der Waals surface area contributed by atoms with E-state index in [9.17, 15) is 13.3 Å². The van der Waals surface area contributed by atoms with Crippen molar-refractivity contribution in [1.29, 1.82) is 0 Å². The van der Waals surface area contributed by atoms with E-state index in [0.29, 0.717) is 24.5 Å². The van der Waals surface area contributed by atoms with Crippen LogP contribution in [0.5, 0.6) is 5.75 Å². The summed E-state index contributed by atoms with van der Waals surface area (Å²) in [5.41, 5.74) is 0.348. The Bertz CT molecular complexity index is 454. The second-order valence-electron chi connectivity index (χ2n) is 4.60. The van der Waals surface area contributed by atoms with Gasteiger partial charge in [0, 0.05) is 38.3 Å². The van der Waals surface area contributed by atoms with Gasteiger partial charge in [0.05, 0.1) is 11.9 Å². The van der Waals surface area contributed by atoms with Gasteiger partial charge in [-0.2, -0.15) is 0 Å². The van der Waals surface area contributed by atoms with Gasteiger partial charge in [-0.3, -0.25) is 0 Å². The van der Waals surface area contributed by atoms with Crippen LogP contribution < -0.4 is 15.0 Å². The molecule has 20 heavy (non-hydrogen) atoms. The molecular formula is C13H18F2N2O2S. The summed E-state index contributed by atoms with van der Waals surface area (Å²) in [4.78, 5) is 1.86. The highest BCUT2D eigenvalue weighted by Crippen LogP contribution is 2.28. The first-order valence-electron chi connectivity index (χ1n) is 6.45. The predicted molar refractivity (Wildman–Crippen MR) is 75.9 cm³/mol. The Hall–Kier alpha value is -1.05. The first-order chi connectivity index (χ1) is 9.58. The number of anilines is 1. The molecule has 1 fully saturated rings. The van der Waals surface area contributed by atoms with Gasteiger partial charge >= 0.3 is 0 Å². The molecule has 1 unspecified atom stereocenters. The Kier molecular flexibility index (Phi) is 5.45. The molecule has 0 saturated carbocycles. The lowest BCUT2D eigenvalue weighted by Crippen LogP contribution is -2.43. The van der Waals surface area contributed by atoms with Gasteiger partial charge in [0.1, 0.15) is 18.2 Å². The molecule has 1 aliphatic rings. The van der Waals surface area contributed by atoms with Gasteiger partial charge in [-0.05, 0) is 0 Å². The van der Waals surface area contributed by atoms with Crippen LogP contribution in [0.4, 0.5) is 14.5 Å². The molecule has 0 radical (unpaired) electrons. The number of benzene rings is 1. The highest BCUT2D eigenvalue weighted by Gasteiger charge is 2.18. The third kappa shape index (κ3) is 3.97. The Balaban J connectivity index is 2.11. The Morgan fingerprint density at radius 2 is 2.00 bits per heavy atom. The minimum atomic E-state index is -1.00. The van der Waals surface area contributed by atoms with Crippen LogP contribution >= 0.6 is 0 Å². The van der Waals surface area contributed by atoms with Crippen LogP contribution in [0.3, 0.4) is 0 Å². The van der Waals surface area contributed by atoms with Gasteiger partial charge in [-0.25, -0.2) is 8.78 Å². The molecule has 1 atom stereocenters.